The molecule has 0 aliphatic rings. The van der Waals surface area contributed by atoms with Crippen LogP contribution in [-0.2, 0) is 0 Å². The summed E-state index contributed by atoms with van der Waals surface area (Å²) in [5, 5.41) is 3.02. The highest BCUT2D eigenvalue weighted by Gasteiger charge is 2.14. The lowest BCUT2D eigenvalue weighted by Gasteiger charge is -2.12. The quantitative estimate of drug-likeness (QED) is 0.686. The minimum absolute atomic E-state index is 0.0442. The molecule has 0 aliphatic heterocycles. The molecule has 1 N–H and O–H groups in total. The van der Waals surface area contributed by atoms with Crippen LogP contribution in [0.5, 0.6) is 0 Å². The maximum atomic E-state index is 13.9. The van der Waals surface area contributed by atoms with E-state index in [9.17, 15) is 9.18 Å². The third-order valence-electron chi connectivity index (χ3n) is 3.44. The van der Waals surface area contributed by atoms with Crippen LogP contribution in [0, 0.1) is 5.82 Å². The van der Waals surface area contributed by atoms with E-state index in [1.807, 2.05) is 48.5 Å². The molecule has 23 heavy (non-hydrogen) atoms. The van der Waals surface area contributed by atoms with Crippen LogP contribution in [-0.4, -0.2) is 5.91 Å². The summed E-state index contributed by atoms with van der Waals surface area (Å²) in [6, 6.07) is 21.1. The van der Waals surface area contributed by atoms with Crippen LogP contribution in [0.1, 0.15) is 10.4 Å². The number of carbonyl (C=O) groups excluding carboxylic acids is 1. The van der Waals surface area contributed by atoms with Crippen LogP contribution in [0.3, 0.4) is 0 Å². The Kier molecular flexibility index (Phi) is 4.40. The van der Waals surface area contributed by atoms with Gasteiger partial charge in [-0.3, -0.25) is 4.79 Å². The lowest BCUT2D eigenvalue weighted by Crippen LogP contribution is -2.14. The van der Waals surface area contributed by atoms with E-state index in [-0.39, 0.29) is 10.6 Å². The predicted molar refractivity (Wildman–Crippen MR) is 91.2 cm³/mol. The Morgan fingerprint density at radius 2 is 1.61 bits per heavy atom. The molecule has 0 spiro atoms. The highest BCUT2D eigenvalue weighted by atomic mass is 35.5. The van der Waals surface area contributed by atoms with Crippen molar-refractivity contribution >= 4 is 23.2 Å². The second-order valence-corrected chi connectivity index (χ2v) is 5.43. The summed E-state index contributed by atoms with van der Waals surface area (Å²) in [4.78, 5) is 12.3. The van der Waals surface area contributed by atoms with Gasteiger partial charge in [-0.2, -0.15) is 0 Å². The van der Waals surface area contributed by atoms with Crippen molar-refractivity contribution in [2.45, 2.75) is 0 Å². The first-order valence-corrected chi connectivity index (χ1v) is 7.44. The van der Waals surface area contributed by atoms with Gasteiger partial charge in [0.15, 0.2) is 0 Å². The molecule has 0 aliphatic carbocycles. The zero-order valence-electron chi connectivity index (χ0n) is 12.1. The van der Waals surface area contributed by atoms with E-state index < -0.39 is 11.7 Å². The number of amides is 1. The summed E-state index contributed by atoms with van der Waals surface area (Å²) in [5.74, 6) is -1.16. The Morgan fingerprint density at radius 1 is 0.913 bits per heavy atom. The SMILES string of the molecule is O=C(Nc1ccccc1-c1ccccc1)c1ccc(Cl)cc1F. The van der Waals surface area contributed by atoms with Gasteiger partial charge >= 0.3 is 0 Å². The first-order valence-electron chi connectivity index (χ1n) is 7.06. The molecule has 2 nitrogen and oxygen atoms in total. The maximum Gasteiger partial charge on any atom is 0.258 e. The normalized spacial score (nSPS) is 10.3. The van der Waals surface area contributed by atoms with Crippen LogP contribution in [0.4, 0.5) is 10.1 Å². The fourth-order valence-corrected chi connectivity index (χ4v) is 2.48. The van der Waals surface area contributed by atoms with E-state index in [4.69, 9.17) is 11.6 Å². The first kappa shape index (κ1) is 15.3. The molecule has 0 unspecified atom stereocenters. The summed E-state index contributed by atoms with van der Waals surface area (Å²) < 4.78 is 13.9. The van der Waals surface area contributed by atoms with Crippen LogP contribution in [0.2, 0.25) is 5.02 Å². The molecular weight excluding hydrogens is 313 g/mol. The summed E-state index contributed by atoms with van der Waals surface area (Å²) >= 11 is 5.72. The van der Waals surface area contributed by atoms with Crippen LogP contribution in [0.25, 0.3) is 11.1 Å². The van der Waals surface area contributed by atoms with Gasteiger partial charge in [0.25, 0.3) is 5.91 Å². The average Bonchev–Trinajstić information content (AvgIpc) is 2.56. The fraction of sp³-hybridized carbons (Fsp3) is 0. The van der Waals surface area contributed by atoms with Crippen LogP contribution >= 0.6 is 11.6 Å². The standard InChI is InChI=1S/C19H13ClFNO/c20-14-10-11-16(17(21)12-14)19(23)22-18-9-5-4-8-15(18)13-6-2-1-3-7-13/h1-12H,(H,22,23). The number of anilines is 1. The van der Waals surface area contributed by atoms with Gasteiger partial charge in [0.1, 0.15) is 5.82 Å². The lowest BCUT2D eigenvalue weighted by atomic mass is 10.0. The third kappa shape index (κ3) is 3.41. The van der Waals surface area contributed by atoms with Gasteiger partial charge in [-0.25, -0.2) is 4.39 Å². The van der Waals surface area contributed by atoms with E-state index >= 15 is 0 Å². The molecular formula is C19H13ClFNO. The molecule has 3 aromatic rings. The molecule has 0 fully saturated rings. The smallest absolute Gasteiger partial charge is 0.258 e. The van der Waals surface area contributed by atoms with Crippen molar-refractivity contribution in [2.24, 2.45) is 0 Å². The van der Waals surface area contributed by atoms with Gasteiger partial charge in [0.2, 0.25) is 0 Å². The van der Waals surface area contributed by atoms with E-state index in [0.717, 1.165) is 17.2 Å². The highest BCUT2D eigenvalue weighted by Crippen LogP contribution is 2.28. The topological polar surface area (TPSA) is 29.1 Å². The van der Waals surface area contributed by atoms with Crippen molar-refractivity contribution in [3.63, 3.8) is 0 Å². The lowest BCUT2D eigenvalue weighted by molar-refractivity contribution is 0.102. The molecule has 0 radical (unpaired) electrons. The average molecular weight is 326 g/mol. The molecule has 0 bridgehead atoms. The van der Waals surface area contributed by atoms with Crippen molar-refractivity contribution < 1.29 is 9.18 Å². The number of hydrogen-bond donors (Lipinski definition) is 1. The minimum Gasteiger partial charge on any atom is -0.321 e. The zero-order chi connectivity index (χ0) is 16.2. The van der Waals surface area contributed by atoms with Crippen molar-refractivity contribution in [1.29, 1.82) is 0 Å². The summed E-state index contributed by atoms with van der Waals surface area (Å²) in [5.41, 5.74) is 2.42. The van der Waals surface area contributed by atoms with Crippen LogP contribution in [0.15, 0.2) is 72.8 Å². The van der Waals surface area contributed by atoms with E-state index in [2.05, 4.69) is 5.32 Å². The number of para-hydroxylation sites is 1. The highest BCUT2D eigenvalue weighted by molar-refractivity contribution is 6.30. The Balaban J connectivity index is 1.93. The Bertz CT molecular complexity index is 849. The molecule has 0 saturated carbocycles. The number of carbonyl (C=O) groups is 1. The van der Waals surface area contributed by atoms with E-state index in [0.29, 0.717) is 5.69 Å². The summed E-state index contributed by atoms with van der Waals surface area (Å²) in [6.45, 7) is 0. The maximum absolute atomic E-state index is 13.9. The van der Waals surface area contributed by atoms with Gasteiger partial charge in [-0.1, -0.05) is 60.1 Å². The fourth-order valence-electron chi connectivity index (χ4n) is 2.32. The largest absolute Gasteiger partial charge is 0.321 e. The van der Waals surface area contributed by atoms with Crippen molar-refractivity contribution in [3.05, 3.63) is 89.2 Å². The number of halogens is 2. The number of rotatable bonds is 3. The monoisotopic (exact) mass is 325 g/mol. The van der Waals surface area contributed by atoms with Crippen molar-refractivity contribution in [2.75, 3.05) is 5.32 Å². The van der Waals surface area contributed by atoms with Gasteiger partial charge in [-0.15, -0.1) is 0 Å². The third-order valence-corrected chi connectivity index (χ3v) is 3.67. The van der Waals surface area contributed by atoms with Gasteiger partial charge in [0.05, 0.1) is 5.56 Å². The molecule has 3 aromatic carbocycles. The molecule has 4 heteroatoms. The molecule has 3 rings (SSSR count). The molecule has 0 atom stereocenters. The number of benzene rings is 3. The summed E-state index contributed by atoms with van der Waals surface area (Å²) in [6.07, 6.45) is 0. The van der Waals surface area contributed by atoms with Gasteiger partial charge in [-0.05, 0) is 29.8 Å². The van der Waals surface area contributed by atoms with Gasteiger partial charge in [0, 0.05) is 16.3 Å². The minimum atomic E-state index is -0.646. The van der Waals surface area contributed by atoms with Gasteiger partial charge < -0.3 is 5.32 Å². The van der Waals surface area contributed by atoms with Crippen molar-refractivity contribution in [3.8, 4) is 11.1 Å². The first-order chi connectivity index (χ1) is 11.1. The molecule has 1 amide bonds. The van der Waals surface area contributed by atoms with E-state index in [1.165, 1.54) is 12.1 Å². The Labute approximate surface area is 138 Å². The number of hydrogen-bond acceptors (Lipinski definition) is 1. The molecule has 0 heterocycles. The molecule has 114 valence electrons. The predicted octanol–water partition coefficient (Wildman–Crippen LogP) is 5.40. The zero-order valence-corrected chi connectivity index (χ0v) is 12.8. The molecule has 0 saturated heterocycles. The second kappa shape index (κ2) is 6.63. The van der Waals surface area contributed by atoms with Crippen molar-refractivity contribution in [1.82, 2.24) is 0 Å². The van der Waals surface area contributed by atoms with Crippen LogP contribution < -0.4 is 5.32 Å². The number of nitrogens with one attached hydrogen (secondary N) is 1. The second-order valence-electron chi connectivity index (χ2n) is 4.99. The molecule has 0 aromatic heterocycles. The Morgan fingerprint density at radius 3 is 2.35 bits per heavy atom. The Hall–Kier alpha value is -2.65. The summed E-state index contributed by atoms with van der Waals surface area (Å²) in [7, 11) is 0. The van der Waals surface area contributed by atoms with E-state index in [1.54, 1.807) is 6.07 Å².